The number of ether oxygens (including phenoxy) is 1. The van der Waals surface area contributed by atoms with E-state index in [1.807, 2.05) is 38.1 Å². The van der Waals surface area contributed by atoms with Gasteiger partial charge in [0.25, 0.3) is 0 Å². The predicted octanol–water partition coefficient (Wildman–Crippen LogP) is 3.51. The Morgan fingerprint density at radius 3 is 2.16 bits per heavy atom. The molecule has 0 bridgehead atoms. The van der Waals surface area contributed by atoms with E-state index >= 15 is 0 Å². The number of rotatable bonds is 4. The van der Waals surface area contributed by atoms with Gasteiger partial charge in [-0.1, -0.05) is 36.4 Å². The SMILES string of the molecule is Cc1cc(C)cc(O[C@H](C(=O)O)c2ccccc2)c1. The maximum Gasteiger partial charge on any atom is 0.349 e. The number of aryl methyl sites for hydroxylation is 2. The Bertz CT molecular complexity index is 556. The minimum atomic E-state index is -0.995. The summed E-state index contributed by atoms with van der Waals surface area (Å²) in [4.78, 5) is 11.3. The van der Waals surface area contributed by atoms with E-state index in [0.29, 0.717) is 11.3 Å². The molecule has 0 fully saturated rings. The number of carbonyl (C=O) groups is 1. The molecule has 2 aromatic carbocycles. The van der Waals surface area contributed by atoms with Gasteiger partial charge in [0.05, 0.1) is 0 Å². The van der Waals surface area contributed by atoms with Crippen LogP contribution in [-0.4, -0.2) is 11.1 Å². The summed E-state index contributed by atoms with van der Waals surface area (Å²) in [6.07, 6.45) is -0.984. The largest absolute Gasteiger partial charge is 0.478 e. The van der Waals surface area contributed by atoms with Gasteiger partial charge in [-0.2, -0.15) is 0 Å². The van der Waals surface area contributed by atoms with Gasteiger partial charge in [-0.05, 0) is 37.1 Å². The minimum absolute atomic E-state index is 0.578. The molecular weight excluding hydrogens is 240 g/mol. The van der Waals surface area contributed by atoms with Gasteiger partial charge in [-0.25, -0.2) is 4.79 Å². The fourth-order valence-corrected chi connectivity index (χ4v) is 2.03. The number of carboxylic acid groups (broad SMARTS) is 1. The van der Waals surface area contributed by atoms with Crippen LogP contribution in [-0.2, 0) is 4.79 Å². The zero-order valence-corrected chi connectivity index (χ0v) is 11.0. The average Bonchev–Trinajstić information content (AvgIpc) is 2.35. The van der Waals surface area contributed by atoms with E-state index < -0.39 is 12.1 Å². The third kappa shape index (κ3) is 3.35. The number of aliphatic carboxylic acids is 1. The molecule has 19 heavy (non-hydrogen) atoms. The second-order valence-corrected chi connectivity index (χ2v) is 4.57. The van der Waals surface area contributed by atoms with Crippen molar-refractivity contribution in [1.82, 2.24) is 0 Å². The molecule has 0 radical (unpaired) electrons. The molecule has 0 heterocycles. The molecule has 0 amide bonds. The zero-order chi connectivity index (χ0) is 13.8. The van der Waals surface area contributed by atoms with Crippen LogP contribution in [0.2, 0.25) is 0 Å². The molecular formula is C16H16O3. The van der Waals surface area contributed by atoms with Gasteiger partial charge in [-0.3, -0.25) is 0 Å². The second-order valence-electron chi connectivity index (χ2n) is 4.57. The summed E-state index contributed by atoms with van der Waals surface area (Å²) in [6, 6.07) is 14.7. The quantitative estimate of drug-likeness (QED) is 0.910. The van der Waals surface area contributed by atoms with Gasteiger partial charge in [0.15, 0.2) is 0 Å². The molecule has 98 valence electrons. The van der Waals surface area contributed by atoms with E-state index in [0.717, 1.165) is 11.1 Å². The van der Waals surface area contributed by atoms with E-state index in [1.54, 1.807) is 24.3 Å². The van der Waals surface area contributed by atoms with E-state index in [4.69, 9.17) is 4.74 Å². The summed E-state index contributed by atoms with van der Waals surface area (Å²) in [6.45, 7) is 3.91. The first-order valence-electron chi connectivity index (χ1n) is 6.09. The Kier molecular flexibility index (Phi) is 3.85. The van der Waals surface area contributed by atoms with Crippen molar-refractivity contribution in [2.45, 2.75) is 20.0 Å². The number of carboxylic acids is 1. The molecule has 0 aliphatic heterocycles. The van der Waals surface area contributed by atoms with Crippen LogP contribution in [0.25, 0.3) is 0 Å². The maximum absolute atomic E-state index is 11.3. The average molecular weight is 256 g/mol. The fourth-order valence-electron chi connectivity index (χ4n) is 2.03. The molecule has 0 aliphatic rings. The lowest BCUT2D eigenvalue weighted by atomic mass is 10.1. The van der Waals surface area contributed by atoms with Crippen molar-refractivity contribution in [1.29, 1.82) is 0 Å². The summed E-state index contributed by atoms with van der Waals surface area (Å²) in [7, 11) is 0. The summed E-state index contributed by atoms with van der Waals surface area (Å²) in [5, 5.41) is 9.30. The first kappa shape index (κ1) is 13.1. The molecule has 0 saturated heterocycles. The van der Waals surface area contributed by atoms with Crippen LogP contribution in [0.15, 0.2) is 48.5 Å². The van der Waals surface area contributed by atoms with Gasteiger partial charge in [-0.15, -0.1) is 0 Å². The predicted molar refractivity (Wildman–Crippen MR) is 73.4 cm³/mol. The van der Waals surface area contributed by atoms with Crippen molar-refractivity contribution in [2.24, 2.45) is 0 Å². The smallest absolute Gasteiger partial charge is 0.349 e. The zero-order valence-electron chi connectivity index (χ0n) is 11.0. The molecule has 1 N–H and O–H groups in total. The maximum atomic E-state index is 11.3. The van der Waals surface area contributed by atoms with Gasteiger partial charge in [0.2, 0.25) is 6.10 Å². The molecule has 2 aromatic rings. The lowest BCUT2D eigenvalue weighted by molar-refractivity contribution is -0.145. The van der Waals surface area contributed by atoms with Gasteiger partial charge >= 0.3 is 5.97 Å². The van der Waals surface area contributed by atoms with Gasteiger partial charge in [0.1, 0.15) is 5.75 Å². The van der Waals surface area contributed by atoms with Crippen LogP contribution >= 0.6 is 0 Å². The van der Waals surface area contributed by atoms with Crippen LogP contribution in [0.4, 0.5) is 0 Å². The Morgan fingerprint density at radius 2 is 1.63 bits per heavy atom. The van der Waals surface area contributed by atoms with Gasteiger partial charge < -0.3 is 9.84 Å². The molecule has 0 aromatic heterocycles. The number of hydrogen-bond donors (Lipinski definition) is 1. The lowest BCUT2D eigenvalue weighted by Crippen LogP contribution is -2.18. The fraction of sp³-hybridized carbons (Fsp3) is 0.188. The van der Waals surface area contributed by atoms with Crippen molar-refractivity contribution in [3.8, 4) is 5.75 Å². The third-order valence-electron chi connectivity index (χ3n) is 2.78. The molecule has 0 aliphatic carbocycles. The first-order valence-corrected chi connectivity index (χ1v) is 6.09. The first-order chi connectivity index (χ1) is 9.06. The Labute approximate surface area is 112 Å². The van der Waals surface area contributed by atoms with Crippen molar-refractivity contribution < 1.29 is 14.6 Å². The number of hydrogen-bond acceptors (Lipinski definition) is 2. The lowest BCUT2D eigenvalue weighted by Gasteiger charge is -2.16. The third-order valence-corrected chi connectivity index (χ3v) is 2.78. The Morgan fingerprint density at radius 1 is 1.05 bits per heavy atom. The van der Waals surface area contributed by atoms with Crippen LogP contribution < -0.4 is 4.74 Å². The van der Waals surface area contributed by atoms with Crippen molar-refractivity contribution in [3.05, 3.63) is 65.2 Å². The molecule has 0 spiro atoms. The Balaban J connectivity index is 2.29. The van der Waals surface area contributed by atoms with E-state index in [1.165, 1.54) is 0 Å². The van der Waals surface area contributed by atoms with E-state index in [2.05, 4.69) is 0 Å². The second kappa shape index (κ2) is 5.57. The van der Waals surface area contributed by atoms with Crippen LogP contribution in [0.3, 0.4) is 0 Å². The van der Waals surface area contributed by atoms with Crippen molar-refractivity contribution in [3.63, 3.8) is 0 Å². The highest BCUT2D eigenvalue weighted by molar-refractivity contribution is 5.74. The van der Waals surface area contributed by atoms with Crippen LogP contribution in [0.1, 0.15) is 22.8 Å². The summed E-state index contributed by atoms with van der Waals surface area (Å²) < 4.78 is 5.62. The minimum Gasteiger partial charge on any atom is -0.478 e. The van der Waals surface area contributed by atoms with Crippen molar-refractivity contribution in [2.75, 3.05) is 0 Å². The molecule has 1 atom stereocenters. The molecule has 0 unspecified atom stereocenters. The molecule has 0 saturated carbocycles. The highest BCUT2D eigenvalue weighted by atomic mass is 16.5. The molecule has 2 rings (SSSR count). The van der Waals surface area contributed by atoms with E-state index in [-0.39, 0.29) is 0 Å². The molecule has 3 heteroatoms. The highest BCUT2D eigenvalue weighted by Crippen LogP contribution is 2.24. The Hall–Kier alpha value is -2.29. The van der Waals surface area contributed by atoms with Crippen molar-refractivity contribution >= 4 is 5.97 Å². The van der Waals surface area contributed by atoms with Crippen LogP contribution in [0, 0.1) is 13.8 Å². The topological polar surface area (TPSA) is 46.5 Å². The monoisotopic (exact) mass is 256 g/mol. The van der Waals surface area contributed by atoms with E-state index in [9.17, 15) is 9.90 Å². The summed E-state index contributed by atoms with van der Waals surface area (Å²) in [5.41, 5.74) is 2.73. The van der Waals surface area contributed by atoms with Crippen LogP contribution in [0.5, 0.6) is 5.75 Å². The summed E-state index contributed by atoms with van der Waals surface area (Å²) >= 11 is 0. The summed E-state index contributed by atoms with van der Waals surface area (Å²) in [5.74, 6) is -0.417. The normalized spacial score (nSPS) is 11.9. The van der Waals surface area contributed by atoms with Gasteiger partial charge in [0, 0.05) is 5.56 Å². The standard InChI is InChI=1S/C16H16O3/c1-11-8-12(2)10-14(9-11)19-15(16(17)18)13-6-4-3-5-7-13/h3-10,15H,1-2H3,(H,17,18)/t15-/m0/s1. The molecule has 3 nitrogen and oxygen atoms in total. The highest BCUT2D eigenvalue weighted by Gasteiger charge is 2.21. The number of benzene rings is 2.